The van der Waals surface area contributed by atoms with Gasteiger partial charge in [-0.15, -0.1) is 0 Å². The lowest BCUT2D eigenvalue weighted by molar-refractivity contribution is -0.114. The molecule has 174 valence electrons. The number of pyridine rings is 1. The molecule has 0 aliphatic rings. The van der Waals surface area contributed by atoms with E-state index in [0.29, 0.717) is 14.9 Å². The second-order valence-electron chi connectivity index (χ2n) is 7.64. The Morgan fingerprint density at radius 1 is 1.12 bits per heavy atom. The molecule has 0 spiro atoms. The van der Waals surface area contributed by atoms with Crippen molar-refractivity contribution in [2.45, 2.75) is 13.8 Å². The third-order valence-corrected chi connectivity index (χ3v) is 5.94. The Hall–Kier alpha value is -3.74. The first-order valence-corrected chi connectivity index (χ1v) is 11.1. The molecule has 9 nitrogen and oxygen atoms in total. The highest BCUT2D eigenvalue weighted by atomic mass is 127. The zero-order valence-electron chi connectivity index (χ0n) is 18.3. The van der Waals surface area contributed by atoms with E-state index in [9.17, 15) is 23.6 Å². The predicted octanol–water partition coefficient (Wildman–Crippen LogP) is 3.13. The minimum absolute atomic E-state index is 0.00193. The summed E-state index contributed by atoms with van der Waals surface area (Å²) in [5.41, 5.74) is -0.938. The number of nitrogens with zero attached hydrogens (tertiary/aromatic N) is 2. The van der Waals surface area contributed by atoms with Crippen LogP contribution in [0.1, 0.15) is 12.5 Å². The van der Waals surface area contributed by atoms with Crippen molar-refractivity contribution in [1.29, 1.82) is 0 Å². The van der Waals surface area contributed by atoms with Crippen LogP contribution in [0.4, 0.5) is 21.6 Å². The number of halogens is 2. The van der Waals surface area contributed by atoms with Gasteiger partial charge in [0.2, 0.25) is 5.91 Å². The van der Waals surface area contributed by atoms with Crippen LogP contribution in [0, 0.1) is 16.3 Å². The third kappa shape index (κ3) is 4.14. The standard InChI is InChI=1S/C23H19FIN5O4/c1-11-19-18(20(29(3)22(11)33)27-17-8-7-13(25)9-16(17)24)21(32)28-23(34)30(19)15-6-4-5-14(10-15)26-12(2)31/h4-10,27H,1-3H3,(H,26,31)(H,28,32,34). The Balaban J connectivity index is 2.08. The molecule has 1 amide bonds. The number of amides is 1. The molecule has 34 heavy (non-hydrogen) atoms. The molecular weight excluding hydrogens is 556 g/mol. The summed E-state index contributed by atoms with van der Waals surface area (Å²) in [7, 11) is 1.45. The van der Waals surface area contributed by atoms with Crippen LogP contribution in [-0.2, 0) is 11.8 Å². The topological polar surface area (TPSA) is 118 Å². The molecule has 0 radical (unpaired) electrons. The largest absolute Gasteiger partial charge is 0.338 e. The van der Waals surface area contributed by atoms with Crippen LogP contribution < -0.4 is 27.4 Å². The van der Waals surface area contributed by atoms with Crippen molar-refractivity contribution in [2.75, 3.05) is 10.6 Å². The highest BCUT2D eigenvalue weighted by molar-refractivity contribution is 14.1. The molecule has 0 saturated carbocycles. The maximum atomic E-state index is 14.6. The van der Waals surface area contributed by atoms with E-state index in [1.807, 2.05) is 22.6 Å². The minimum atomic E-state index is -0.764. The SMILES string of the molecule is CC(=O)Nc1cccc(-n2c(=O)[nH]c(=O)c3c(Nc4ccc(I)cc4F)n(C)c(=O)c(C)c32)c1. The Morgan fingerprint density at radius 3 is 2.53 bits per heavy atom. The summed E-state index contributed by atoms with van der Waals surface area (Å²) in [5, 5.41) is 5.49. The zero-order valence-corrected chi connectivity index (χ0v) is 20.5. The van der Waals surface area contributed by atoms with E-state index in [2.05, 4.69) is 15.6 Å². The van der Waals surface area contributed by atoms with Crippen LogP contribution in [0.5, 0.6) is 0 Å². The number of benzene rings is 2. The molecule has 2 aromatic carbocycles. The Labute approximate surface area is 205 Å². The lowest BCUT2D eigenvalue weighted by Gasteiger charge is -2.19. The van der Waals surface area contributed by atoms with Crippen LogP contribution in [0.2, 0.25) is 0 Å². The van der Waals surface area contributed by atoms with Crippen LogP contribution in [-0.4, -0.2) is 20.0 Å². The monoisotopic (exact) mass is 575 g/mol. The van der Waals surface area contributed by atoms with Crippen molar-refractivity contribution < 1.29 is 9.18 Å². The van der Waals surface area contributed by atoms with Crippen molar-refractivity contribution in [3.8, 4) is 5.69 Å². The molecule has 0 atom stereocenters. The fraction of sp³-hybridized carbons (Fsp3) is 0.130. The van der Waals surface area contributed by atoms with Gasteiger partial charge in [0, 0.05) is 28.8 Å². The molecule has 3 N–H and O–H groups in total. The van der Waals surface area contributed by atoms with Crippen LogP contribution in [0.3, 0.4) is 0 Å². The lowest BCUT2D eigenvalue weighted by atomic mass is 10.1. The van der Waals surface area contributed by atoms with Gasteiger partial charge in [-0.05, 0) is 65.9 Å². The number of nitrogens with one attached hydrogen (secondary N) is 3. The number of aromatic amines is 1. The number of aromatic nitrogens is 3. The Bertz CT molecular complexity index is 1650. The number of H-pyrrole nitrogens is 1. The maximum Gasteiger partial charge on any atom is 0.333 e. The number of aryl methyl sites for hydroxylation is 1. The summed E-state index contributed by atoms with van der Waals surface area (Å²) in [6.07, 6.45) is 0. The average Bonchev–Trinajstić information content (AvgIpc) is 2.76. The molecular formula is C23H19FIN5O4. The van der Waals surface area contributed by atoms with Gasteiger partial charge in [0.05, 0.1) is 16.9 Å². The normalized spacial score (nSPS) is 11.0. The number of anilines is 3. The van der Waals surface area contributed by atoms with Gasteiger partial charge in [0.15, 0.2) is 0 Å². The summed E-state index contributed by atoms with van der Waals surface area (Å²) in [4.78, 5) is 52.8. The van der Waals surface area contributed by atoms with Gasteiger partial charge >= 0.3 is 5.69 Å². The van der Waals surface area contributed by atoms with Crippen molar-refractivity contribution in [1.82, 2.24) is 14.1 Å². The van der Waals surface area contributed by atoms with Gasteiger partial charge in [0.1, 0.15) is 17.0 Å². The van der Waals surface area contributed by atoms with Crippen molar-refractivity contribution in [3.05, 3.63) is 88.6 Å². The Morgan fingerprint density at radius 2 is 1.85 bits per heavy atom. The van der Waals surface area contributed by atoms with Gasteiger partial charge in [-0.3, -0.25) is 28.5 Å². The first-order valence-electron chi connectivity index (χ1n) is 10.1. The smallest absolute Gasteiger partial charge is 0.333 e. The van der Waals surface area contributed by atoms with E-state index >= 15 is 0 Å². The van der Waals surface area contributed by atoms with E-state index in [4.69, 9.17) is 0 Å². The average molecular weight is 575 g/mol. The maximum absolute atomic E-state index is 14.6. The van der Waals surface area contributed by atoms with Gasteiger partial charge in [0.25, 0.3) is 11.1 Å². The quantitative estimate of drug-likeness (QED) is 0.324. The number of hydrogen-bond acceptors (Lipinski definition) is 5. The van der Waals surface area contributed by atoms with E-state index < -0.39 is 22.6 Å². The molecule has 0 aliphatic carbocycles. The molecule has 0 aliphatic heterocycles. The van der Waals surface area contributed by atoms with Crippen molar-refractivity contribution in [3.63, 3.8) is 0 Å². The second kappa shape index (κ2) is 8.89. The van der Waals surface area contributed by atoms with Crippen LogP contribution in [0.25, 0.3) is 16.6 Å². The number of fused-ring (bicyclic) bond motifs is 1. The first-order chi connectivity index (χ1) is 16.1. The fourth-order valence-electron chi connectivity index (χ4n) is 3.77. The van der Waals surface area contributed by atoms with Gasteiger partial charge in [-0.2, -0.15) is 0 Å². The number of hydrogen-bond donors (Lipinski definition) is 3. The van der Waals surface area contributed by atoms with E-state index in [1.165, 1.54) is 42.2 Å². The molecule has 4 aromatic rings. The van der Waals surface area contributed by atoms with E-state index in [-0.39, 0.29) is 33.9 Å². The summed E-state index contributed by atoms with van der Waals surface area (Å²) >= 11 is 1.97. The number of carbonyl (C=O) groups excluding carboxylic acids is 1. The zero-order chi connectivity index (χ0) is 24.7. The predicted molar refractivity (Wildman–Crippen MR) is 137 cm³/mol. The third-order valence-electron chi connectivity index (χ3n) is 5.27. The van der Waals surface area contributed by atoms with Gasteiger partial charge < -0.3 is 10.6 Å². The van der Waals surface area contributed by atoms with Gasteiger partial charge in [-0.1, -0.05) is 6.07 Å². The van der Waals surface area contributed by atoms with Crippen molar-refractivity contribution >= 4 is 56.6 Å². The number of carbonyl (C=O) groups is 1. The molecule has 2 heterocycles. The highest BCUT2D eigenvalue weighted by Crippen LogP contribution is 2.27. The summed E-state index contributed by atoms with van der Waals surface area (Å²) in [5.74, 6) is -0.841. The Kier molecular flexibility index (Phi) is 6.13. The summed E-state index contributed by atoms with van der Waals surface area (Å²) < 4.78 is 17.6. The molecule has 4 rings (SSSR count). The lowest BCUT2D eigenvalue weighted by Crippen LogP contribution is -2.34. The van der Waals surface area contributed by atoms with Crippen LogP contribution in [0.15, 0.2) is 56.8 Å². The molecule has 0 unspecified atom stereocenters. The molecule has 2 aromatic heterocycles. The molecule has 0 fully saturated rings. The molecule has 11 heteroatoms. The molecule has 0 saturated heterocycles. The van der Waals surface area contributed by atoms with E-state index in [0.717, 1.165) is 0 Å². The van der Waals surface area contributed by atoms with Crippen molar-refractivity contribution in [2.24, 2.45) is 7.05 Å². The molecule has 0 bridgehead atoms. The summed E-state index contributed by atoms with van der Waals surface area (Å²) in [6.45, 7) is 2.86. The highest BCUT2D eigenvalue weighted by Gasteiger charge is 2.21. The first kappa shape index (κ1) is 23.4. The fourth-order valence-corrected chi connectivity index (χ4v) is 4.22. The van der Waals surface area contributed by atoms with Crippen LogP contribution >= 0.6 is 22.6 Å². The van der Waals surface area contributed by atoms with Gasteiger partial charge in [-0.25, -0.2) is 9.18 Å². The van der Waals surface area contributed by atoms with E-state index in [1.54, 1.807) is 30.3 Å². The second-order valence-corrected chi connectivity index (χ2v) is 8.88. The minimum Gasteiger partial charge on any atom is -0.338 e. The summed E-state index contributed by atoms with van der Waals surface area (Å²) in [6, 6.07) is 10.9. The number of rotatable bonds is 4.